The molecule has 1 unspecified atom stereocenters. The smallest absolute Gasteiger partial charge is 0.258 e. The second kappa shape index (κ2) is 8.57. The van der Waals surface area contributed by atoms with Crippen molar-refractivity contribution in [2.75, 3.05) is 5.32 Å². The summed E-state index contributed by atoms with van der Waals surface area (Å²) in [6.07, 6.45) is 0. The van der Waals surface area contributed by atoms with Gasteiger partial charge in [0.1, 0.15) is 4.34 Å². The number of thiophene rings is 1. The number of benzene rings is 2. The summed E-state index contributed by atoms with van der Waals surface area (Å²) >= 11 is 13.1. The van der Waals surface area contributed by atoms with Crippen LogP contribution < -0.4 is 10.6 Å². The first kappa shape index (κ1) is 19.4. The minimum absolute atomic E-state index is 0.174. The number of carbonyl (C=O) groups excluding carboxylic acids is 2. The lowest BCUT2D eigenvalue weighted by Crippen LogP contribution is -2.28. The zero-order valence-electron chi connectivity index (χ0n) is 14.3. The molecule has 4 nitrogen and oxygen atoms in total. The highest BCUT2D eigenvalue weighted by atomic mass is 35.5. The predicted octanol–water partition coefficient (Wildman–Crippen LogP) is 5.80. The molecule has 1 atom stereocenters. The average molecular weight is 419 g/mol. The second-order valence-corrected chi connectivity index (χ2v) is 8.13. The van der Waals surface area contributed by atoms with Gasteiger partial charge in [0.2, 0.25) is 0 Å². The lowest BCUT2D eigenvalue weighted by Gasteiger charge is -2.16. The maximum Gasteiger partial charge on any atom is 0.258 e. The van der Waals surface area contributed by atoms with E-state index >= 15 is 0 Å². The van der Waals surface area contributed by atoms with Crippen LogP contribution in [0.4, 0.5) is 5.69 Å². The van der Waals surface area contributed by atoms with Gasteiger partial charge >= 0.3 is 0 Å². The van der Waals surface area contributed by atoms with Crippen molar-refractivity contribution in [1.29, 1.82) is 0 Å². The fourth-order valence-electron chi connectivity index (χ4n) is 2.57. The molecule has 2 N–H and O–H groups in total. The molecule has 3 aromatic rings. The molecule has 138 valence electrons. The number of rotatable bonds is 5. The van der Waals surface area contributed by atoms with Crippen LogP contribution in [-0.4, -0.2) is 11.8 Å². The van der Waals surface area contributed by atoms with Gasteiger partial charge in [-0.2, -0.15) is 0 Å². The van der Waals surface area contributed by atoms with E-state index in [1.807, 2.05) is 37.3 Å². The summed E-state index contributed by atoms with van der Waals surface area (Å²) in [5.41, 5.74) is 2.04. The molecule has 0 fully saturated rings. The number of carbonyl (C=O) groups is 2. The second-order valence-electron chi connectivity index (χ2n) is 5.84. The van der Waals surface area contributed by atoms with E-state index in [1.54, 1.807) is 24.3 Å². The molecule has 1 heterocycles. The van der Waals surface area contributed by atoms with Crippen molar-refractivity contribution in [1.82, 2.24) is 5.32 Å². The van der Waals surface area contributed by atoms with Crippen LogP contribution in [-0.2, 0) is 0 Å². The number of nitrogens with one attached hydrogen (secondary N) is 2. The van der Waals surface area contributed by atoms with Gasteiger partial charge in [-0.1, -0.05) is 65.7 Å². The molecule has 0 aliphatic heterocycles. The van der Waals surface area contributed by atoms with Crippen molar-refractivity contribution in [2.45, 2.75) is 13.0 Å². The summed E-state index contributed by atoms with van der Waals surface area (Å²) < 4.78 is 0.727. The molecular weight excluding hydrogens is 403 g/mol. The zero-order chi connectivity index (χ0) is 19.4. The van der Waals surface area contributed by atoms with Crippen molar-refractivity contribution < 1.29 is 9.59 Å². The first-order valence-corrected chi connectivity index (χ1v) is 9.74. The Morgan fingerprint density at radius 2 is 1.59 bits per heavy atom. The monoisotopic (exact) mass is 418 g/mol. The van der Waals surface area contributed by atoms with Crippen LogP contribution in [0, 0.1) is 0 Å². The number of amides is 2. The lowest BCUT2D eigenvalue weighted by atomic mass is 10.1. The fraction of sp³-hybridized carbons (Fsp3) is 0.100. The van der Waals surface area contributed by atoms with Crippen LogP contribution in [0.5, 0.6) is 0 Å². The van der Waals surface area contributed by atoms with Gasteiger partial charge in [0.25, 0.3) is 11.8 Å². The van der Waals surface area contributed by atoms with E-state index in [2.05, 4.69) is 10.6 Å². The van der Waals surface area contributed by atoms with Gasteiger partial charge in [0.15, 0.2) is 0 Å². The Labute approximate surface area is 171 Å². The molecule has 3 rings (SSSR count). The number of hydrogen-bond donors (Lipinski definition) is 2. The van der Waals surface area contributed by atoms with E-state index in [-0.39, 0.29) is 17.5 Å². The van der Waals surface area contributed by atoms with E-state index < -0.39 is 5.91 Å². The van der Waals surface area contributed by atoms with Crippen LogP contribution in [0.15, 0.2) is 60.7 Å². The molecular formula is C20H16Cl2N2O2S. The standard InChI is InChI=1S/C20H16Cl2N2O2S/c1-12(13-7-3-2-4-8-13)23-19(25)14-9-5-6-10-16(14)24-20(26)15-11-17(21)27-18(15)22/h2-12H,1H3,(H,23,25)(H,24,26). The Bertz CT molecular complexity index is 973. The van der Waals surface area contributed by atoms with Crippen molar-refractivity contribution >= 4 is 52.0 Å². The van der Waals surface area contributed by atoms with Crippen LogP contribution in [0.3, 0.4) is 0 Å². The average Bonchev–Trinajstić information content (AvgIpc) is 3.01. The number of hydrogen-bond acceptors (Lipinski definition) is 3. The van der Waals surface area contributed by atoms with Crippen LogP contribution in [0.1, 0.15) is 39.2 Å². The number of para-hydroxylation sites is 1. The fourth-order valence-corrected chi connectivity index (χ4v) is 4.03. The minimum atomic E-state index is -0.417. The molecule has 1 aromatic heterocycles. The van der Waals surface area contributed by atoms with Crippen molar-refractivity contribution in [3.05, 3.63) is 86.0 Å². The largest absolute Gasteiger partial charge is 0.345 e. The van der Waals surface area contributed by atoms with Crippen LogP contribution >= 0.6 is 34.5 Å². The summed E-state index contributed by atoms with van der Waals surface area (Å²) in [7, 11) is 0. The highest BCUT2D eigenvalue weighted by molar-refractivity contribution is 7.20. The summed E-state index contributed by atoms with van der Waals surface area (Å²) in [6.45, 7) is 1.90. The highest BCUT2D eigenvalue weighted by Gasteiger charge is 2.19. The number of anilines is 1. The zero-order valence-corrected chi connectivity index (χ0v) is 16.7. The number of halogens is 2. The van der Waals surface area contributed by atoms with Crippen LogP contribution in [0.2, 0.25) is 8.67 Å². The van der Waals surface area contributed by atoms with Gasteiger partial charge < -0.3 is 10.6 Å². The van der Waals surface area contributed by atoms with Crippen molar-refractivity contribution in [3.63, 3.8) is 0 Å². The van der Waals surface area contributed by atoms with Crippen molar-refractivity contribution in [2.24, 2.45) is 0 Å². The van der Waals surface area contributed by atoms with Gasteiger partial charge in [-0.3, -0.25) is 9.59 Å². The summed E-state index contributed by atoms with van der Waals surface area (Å²) in [4.78, 5) is 25.2. The summed E-state index contributed by atoms with van der Waals surface area (Å²) in [5, 5.41) is 5.68. The molecule has 27 heavy (non-hydrogen) atoms. The first-order valence-electron chi connectivity index (χ1n) is 8.16. The normalized spacial score (nSPS) is 11.7. The van der Waals surface area contributed by atoms with Gasteiger partial charge in [0, 0.05) is 0 Å². The van der Waals surface area contributed by atoms with E-state index in [4.69, 9.17) is 23.2 Å². The molecule has 0 saturated carbocycles. The molecule has 2 aromatic carbocycles. The molecule has 0 aliphatic carbocycles. The third-order valence-electron chi connectivity index (χ3n) is 3.97. The molecule has 0 aliphatic rings. The van der Waals surface area contributed by atoms with Gasteiger partial charge in [-0.25, -0.2) is 0 Å². The highest BCUT2D eigenvalue weighted by Crippen LogP contribution is 2.32. The Morgan fingerprint density at radius 3 is 2.26 bits per heavy atom. The maximum absolute atomic E-state index is 12.7. The quantitative estimate of drug-likeness (QED) is 0.549. The van der Waals surface area contributed by atoms with E-state index in [0.717, 1.165) is 16.9 Å². The summed E-state index contributed by atoms with van der Waals surface area (Å²) in [6, 6.07) is 17.8. The van der Waals surface area contributed by atoms with Crippen LogP contribution in [0.25, 0.3) is 0 Å². The molecule has 7 heteroatoms. The third kappa shape index (κ3) is 4.69. The van der Waals surface area contributed by atoms with Crippen molar-refractivity contribution in [3.8, 4) is 0 Å². The molecule has 0 saturated heterocycles. The lowest BCUT2D eigenvalue weighted by molar-refractivity contribution is 0.0941. The molecule has 2 amide bonds. The SMILES string of the molecule is CC(NC(=O)c1ccccc1NC(=O)c1cc(Cl)sc1Cl)c1ccccc1. The molecule has 0 bridgehead atoms. The minimum Gasteiger partial charge on any atom is -0.345 e. The Balaban J connectivity index is 1.78. The summed E-state index contributed by atoms with van der Waals surface area (Å²) in [5.74, 6) is -0.698. The van der Waals surface area contributed by atoms with E-state index in [1.165, 1.54) is 6.07 Å². The Hall–Kier alpha value is -2.34. The van der Waals surface area contributed by atoms with Gasteiger partial charge in [-0.05, 0) is 30.7 Å². The third-order valence-corrected chi connectivity index (χ3v) is 5.46. The first-order chi connectivity index (χ1) is 13.0. The predicted molar refractivity (Wildman–Crippen MR) is 111 cm³/mol. The molecule has 0 spiro atoms. The topological polar surface area (TPSA) is 58.2 Å². The maximum atomic E-state index is 12.7. The van der Waals surface area contributed by atoms with Gasteiger partial charge in [0.05, 0.1) is 27.2 Å². The van der Waals surface area contributed by atoms with E-state index in [0.29, 0.717) is 19.9 Å². The van der Waals surface area contributed by atoms with Gasteiger partial charge in [-0.15, -0.1) is 11.3 Å². The Morgan fingerprint density at radius 1 is 0.926 bits per heavy atom. The Kier molecular flexibility index (Phi) is 6.16. The molecule has 0 radical (unpaired) electrons. The van der Waals surface area contributed by atoms with E-state index in [9.17, 15) is 9.59 Å².